The van der Waals surface area contributed by atoms with E-state index >= 15 is 0 Å². The molecular weight excluding hydrogens is 318 g/mol. The van der Waals surface area contributed by atoms with Crippen molar-refractivity contribution < 1.29 is 4.42 Å². The van der Waals surface area contributed by atoms with Crippen molar-refractivity contribution in [3.8, 4) is 17.2 Å². The molecule has 1 heterocycles. The summed E-state index contributed by atoms with van der Waals surface area (Å²) in [5, 5.41) is 9.93. The molecule has 0 aliphatic carbocycles. The number of hydrogen-bond acceptors (Lipinski definition) is 2. The lowest BCUT2D eigenvalue weighted by Crippen LogP contribution is -1.87. The number of hydrogen-bond donors (Lipinski definition) is 0. The summed E-state index contributed by atoms with van der Waals surface area (Å²) in [6, 6.07) is 18.8. The van der Waals surface area contributed by atoms with E-state index in [0.29, 0.717) is 5.76 Å². The minimum Gasteiger partial charge on any atom is -0.446 e. The second-order valence-electron chi connectivity index (χ2n) is 7.04. The molecule has 0 unspecified atom stereocenters. The standard InChI is InChI=1S/C24H27NO/c1-2-3-4-5-6-7-8-9-19-10-12-20(13-11-19)21-14-15-24-22(16-21)17-23(18-25)26-24/h10-17H,2-9H2,1H3. The first-order valence-electron chi connectivity index (χ1n) is 9.83. The second-order valence-corrected chi connectivity index (χ2v) is 7.04. The van der Waals surface area contributed by atoms with Crippen molar-refractivity contribution in [1.82, 2.24) is 0 Å². The first-order valence-corrected chi connectivity index (χ1v) is 9.83. The summed E-state index contributed by atoms with van der Waals surface area (Å²) in [5.74, 6) is 0.363. The summed E-state index contributed by atoms with van der Waals surface area (Å²) in [5.41, 5.74) is 4.54. The summed E-state index contributed by atoms with van der Waals surface area (Å²) < 4.78 is 5.45. The van der Waals surface area contributed by atoms with Crippen LogP contribution in [0.25, 0.3) is 22.1 Å². The lowest BCUT2D eigenvalue weighted by Gasteiger charge is -2.05. The predicted molar refractivity (Wildman–Crippen MR) is 108 cm³/mol. The summed E-state index contributed by atoms with van der Waals surface area (Å²) >= 11 is 0. The van der Waals surface area contributed by atoms with Gasteiger partial charge in [0.25, 0.3) is 0 Å². The largest absolute Gasteiger partial charge is 0.446 e. The topological polar surface area (TPSA) is 36.9 Å². The Kier molecular flexibility index (Phi) is 6.50. The Balaban J connectivity index is 1.55. The number of unbranched alkanes of at least 4 members (excludes halogenated alkanes) is 6. The van der Waals surface area contributed by atoms with Crippen LogP contribution in [0.4, 0.5) is 0 Å². The second kappa shape index (κ2) is 9.25. The van der Waals surface area contributed by atoms with Crippen LogP contribution in [-0.4, -0.2) is 0 Å². The van der Waals surface area contributed by atoms with Crippen LogP contribution in [0.5, 0.6) is 0 Å². The fraction of sp³-hybridized carbons (Fsp3) is 0.375. The van der Waals surface area contributed by atoms with Crippen molar-refractivity contribution >= 4 is 11.0 Å². The maximum Gasteiger partial charge on any atom is 0.204 e. The van der Waals surface area contributed by atoms with Crippen molar-refractivity contribution in [2.45, 2.75) is 58.3 Å². The van der Waals surface area contributed by atoms with Crippen LogP contribution in [0.2, 0.25) is 0 Å². The van der Waals surface area contributed by atoms with Gasteiger partial charge in [0.2, 0.25) is 5.76 Å². The van der Waals surface area contributed by atoms with E-state index in [4.69, 9.17) is 9.68 Å². The fourth-order valence-electron chi connectivity index (χ4n) is 3.43. The van der Waals surface area contributed by atoms with Crippen LogP contribution < -0.4 is 0 Å². The molecule has 0 N–H and O–H groups in total. The fourth-order valence-corrected chi connectivity index (χ4v) is 3.43. The van der Waals surface area contributed by atoms with Gasteiger partial charge in [0.15, 0.2) is 0 Å². The van der Waals surface area contributed by atoms with Crippen LogP contribution in [-0.2, 0) is 6.42 Å². The lowest BCUT2D eigenvalue weighted by molar-refractivity contribution is 0.589. The van der Waals surface area contributed by atoms with Gasteiger partial charge in [0, 0.05) is 11.5 Å². The summed E-state index contributed by atoms with van der Waals surface area (Å²) in [6.45, 7) is 2.26. The molecule has 1 aromatic heterocycles. The highest BCUT2D eigenvalue weighted by Gasteiger charge is 2.05. The first-order chi connectivity index (χ1) is 12.8. The molecule has 0 spiro atoms. The SMILES string of the molecule is CCCCCCCCCc1ccc(-c2ccc3oc(C#N)cc3c2)cc1. The molecular formula is C24H27NO. The summed E-state index contributed by atoms with van der Waals surface area (Å²) in [6.07, 6.45) is 10.6. The average molecular weight is 345 g/mol. The highest BCUT2D eigenvalue weighted by Crippen LogP contribution is 2.27. The van der Waals surface area contributed by atoms with Crippen LogP contribution in [0.15, 0.2) is 52.9 Å². The normalized spacial score (nSPS) is 10.9. The van der Waals surface area contributed by atoms with Crippen molar-refractivity contribution in [2.24, 2.45) is 0 Å². The molecule has 0 bridgehead atoms. The molecule has 0 amide bonds. The number of rotatable bonds is 9. The van der Waals surface area contributed by atoms with Crippen LogP contribution >= 0.6 is 0 Å². The van der Waals surface area contributed by atoms with Gasteiger partial charge in [-0.25, -0.2) is 0 Å². The number of furan rings is 1. The molecule has 0 atom stereocenters. The minimum atomic E-state index is 0.363. The Morgan fingerprint density at radius 1 is 0.808 bits per heavy atom. The molecule has 0 fully saturated rings. The number of nitrogens with zero attached hydrogens (tertiary/aromatic N) is 1. The Morgan fingerprint density at radius 2 is 1.50 bits per heavy atom. The van der Waals surface area contributed by atoms with E-state index in [1.54, 1.807) is 6.07 Å². The van der Waals surface area contributed by atoms with Crippen LogP contribution in [0.1, 0.15) is 63.2 Å². The van der Waals surface area contributed by atoms with E-state index in [-0.39, 0.29) is 0 Å². The monoisotopic (exact) mass is 345 g/mol. The van der Waals surface area contributed by atoms with Crippen LogP contribution in [0, 0.1) is 11.3 Å². The van der Waals surface area contributed by atoms with Gasteiger partial charge >= 0.3 is 0 Å². The van der Waals surface area contributed by atoms with E-state index < -0.39 is 0 Å². The lowest BCUT2D eigenvalue weighted by atomic mass is 10.00. The van der Waals surface area contributed by atoms with E-state index in [1.807, 2.05) is 6.07 Å². The number of fused-ring (bicyclic) bond motifs is 1. The summed E-state index contributed by atoms with van der Waals surface area (Å²) in [4.78, 5) is 0. The van der Waals surface area contributed by atoms with Gasteiger partial charge in [0.05, 0.1) is 0 Å². The van der Waals surface area contributed by atoms with Gasteiger partial charge in [-0.05, 0) is 41.7 Å². The molecule has 3 rings (SSSR count). The zero-order valence-electron chi connectivity index (χ0n) is 15.6. The van der Waals surface area contributed by atoms with E-state index in [0.717, 1.165) is 16.5 Å². The molecule has 0 aliphatic rings. The van der Waals surface area contributed by atoms with Crippen molar-refractivity contribution in [1.29, 1.82) is 5.26 Å². The summed E-state index contributed by atoms with van der Waals surface area (Å²) in [7, 11) is 0. The van der Waals surface area contributed by atoms with E-state index in [9.17, 15) is 0 Å². The van der Waals surface area contributed by atoms with Gasteiger partial charge in [-0.3, -0.25) is 0 Å². The third-order valence-corrected chi connectivity index (χ3v) is 4.98. The van der Waals surface area contributed by atoms with Crippen molar-refractivity contribution in [3.05, 3.63) is 59.9 Å². The Bertz CT molecular complexity index is 867. The molecule has 2 aromatic carbocycles. The van der Waals surface area contributed by atoms with Crippen LogP contribution in [0.3, 0.4) is 0 Å². The van der Waals surface area contributed by atoms with E-state index in [2.05, 4.69) is 49.4 Å². The quantitative estimate of drug-likeness (QED) is 0.382. The minimum absolute atomic E-state index is 0.363. The van der Waals surface area contributed by atoms with Gasteiger partial charge in [-0.1, -0.05) is 75.8 Å². The maximum absolute atomic E-state index is 8.95. The highest BCUT2D eigenvalue weighted by atomic mass is 16.3. The Hall–Kier alpha value is -2.53. The average Bonchev–Trinajstić information content (AvgIpc) is 3.10. The smallest absolute Gasteiger partial charge is 0.204 e. The number of benzene rings is 2. The zero-order valence-corrected chi connectivity index (χ0v) is 15.6. The number of aryl methyl sites for hydroxylation is 1. The molecule has 0 saturated heterocycles. The molecule has 2 heteroatoms. The number of nitriles is 1. The van der Waals surface area contributed by atoms with E-state index in [1.165, 1.54) is 62.5 Å². The van der Waals surface area contributed by atoms with Gasteiger partial charge in [-0.15, -0.1) is 0 Å². The molecule has 2 nitrogen and oxygen atoms in total. The molecule has 0 aliphatic heterocycles. The molecule has 134 valence electrons. The third-order valence-electron chi connectivity index (χ3n) is 4.98. The molecule has 0 radical (unpaired) electrons. The molecule has 3 aromatic rings. The molecule has 0 saturated carbocycles. The molecule has 26 heavy (non-hydrogen) atoms. The Labute approximate surface area is 156 Å². The maximum atomic E-state index is 8.95. The van der Waals surface area contributed by atoms with Crippen molar-refractivity contribution in [2.75, 3.05) is 0 Å². The van der Waals surface area contributed by atoms with Gasteiger partial charge in [-0.2, -0.15) is 5.26 Å². The van der Waals surface area contributed by atoms with Gasteiger partial charge < -0.3 is 4.42 Å². The van der Waals surface area contributed by atoms with Crippen molar-refractivity contribution in [3.63, 3.8) is 0 Å². The van der Waals surface area contributed by atoms with Gasteiger partial charge in [0.1, 0.15) is 11.7 Å². The highest BCUT2D eigenvalue weighted by molar-refractivity contribution is 5.84. The Morgan fingerprint density at radius 3 is 2.23 bits per heavy atom. The predicted octanol–water partition coefficient (Wildman–Crippen LogP) is 7.26. The third kappa shape index (κ3) is 4.76. The first kappa shape index (κ1) is 18.3. The zero-order chi connectivity index (χ0) is 18.2.